The van der Waals surface area contributed by atoms with E-state index < -0.39 is 0 Å². The molecule has 1 unspecified atom stereocenters. The molecule has 0 amide bonds. The summed E-state index contributed by atoms with van der Waals surface area (Å²) in [5.74, 6) is 0.690. The minimum absolute atomic E-state index is 0.690. The van der Waals surface area contributed by atoms with Crippen LogP contribution in [0.25, 0.3) is 0 Å². The van der Waals surface area contributed by atoms with Gasteiger partial charge in [-0.05, 0) is 38.8 Å². The van der Waals surface area contributed by atoms with E-state index in [9.17, 15) is 0 Å². The Bertz CT molecular complexity index is 170. The summed E-state index contributed by atoms with van der Waals surface area (Å²) in [6.07, 6.45) is 7.81. The van der Waals surface area contributed by atoms with Gasteiger partial charge in [0.05, 0.1) is 0 Å². The first kappa shape index (κ1) is 13.4. The molecular weight excluding hydrogens is 170 g/mol. The molecule has 1 heteroatoms. The van der Waals surface area contributed by atoms with Crippen LogP contribution in [0, 0.1) is 5.92 Å². The molecule has 0 spiro atoms. The van der Waals surface area contributed by atoms with Gasteiger partial charge in [0.25, 0.3) is 0 Å². The van der Waals surface area contributed by atoms with Gasteiger partial charge < -0.3 is 5.32 Å². The van der Waals surface area contributed by atoms with Crippen LogP contribution < -0.4 is 5.32 Å². The van der Waals surface area contributed by atoms with Gasteiger partial charge in [-0.1, -0.05) is 44.6 Å². The third kappa shape index (κ3) is 8.06. The first-order valence-corrected chi connectivity index (χ1v) is 5.71. The van der Waals surface area contributed by atoms with Crippen molar-refractivity contribution in [3.05, 3.63) is 24.3 Å². The smallest absolute Gasteiger partial charge is 0.00200 e. The maximum Gasteiger partial charge on any atom is -0.00200 e. The SMILES string of the molecule is C=C(/C=C\C)CC(C)CNCCCC. The number of allylic oxidation sites excluding steroid dienone is 3. The van der Waals surface area contributed by atoms with Crippen molar-refractivity contribution in [2.45, 2.75) is 40.0 Å². The Morgan fingerprint density at radius 2 is 2.21 bits per heavy atom. The predicted octanol–water partition coefficient (Wildman–Crippen LogP) is 3.53. The maximum absolute atomic E-state index is 4.01. The maximum atomic E-state index is 4.01. The molecule has 0 heterocycles. The quantitative estimate of drug-likeness (QED) is 0.461. The zero-order valence-electron chi connectivity index (χ0n) is 9.97. The molecule has 1 atom stereocenters. The zero-order valence-corrected chi connectivity index (χ0v) is 9.97. The molecule has 0 aliphatic rings. The van der Waals surface area contributed by atoms with Gasteiger partial charge in [0, 0.05) is 0 Å². The van der Waals surface area contributed by atoms with Gasteiger partial charge >= 0.3 is 0 Å². The number of unbranched alkanes of at least 4 members (excludes halogenated alkanes) is 1. The van der Waals surface area contributed by atoms with Gasteiger partial charge in [0.1, 0.15) is 0 Å². The Morgan fingerprint density at radius 1 is 1.50 bits per heavy atom. The van der Waals surface area contributed by atoms with E-state index in [2.05, 4.69) is 37.9 Å². The molecule has 0 bridgehead atoms. The number of rotatable bonds is 8. The van der Waals surface area contributed by atoms with Gasteiger partial charge in [0.2, 0.25) is 0 Å². The van der Waals surface area contributed by atoms with Crippen LogP contribution in [-0.2, 0) is 0 Å². The molecule has 82 valence electrons. The van der Waals surface area contributed by atoms with Crippen molar-refractivity contribution in [2.75, 3.05) is 13.1 Å². The average molecular weight is 195 g/mol. The van der Waals surface area contributed by atoms with Crippen LogP contribution in [0.3, 0.4) is 0 Å². The summed E-state index contributed by atoms with van der Waals surface area (Å²) in [6.45, 7) is 12.8. The molecule has 0 rings (SSSR count). The molecule has 0 aliphatic heterocycles. The highest BCUT2D eigenvalue weighted by atomic mass is 14.8. The monoisotopic (exact) mass is 195 g/mol. The lowest BCUT2D eigenvalue weighted by Crippen LogP contribution is -2.22. The second-order valence-corrected chi connectivity index (χ2v) is 4.03. The van der Waals surface area contributed by atoms with Gasteiger partial charge in [-0.15, -0.1) is 0 Å². The third-order valence-electron chi connectivity index (χ3n) is 2.21. The van der Waals surface area contributed by atoms with Gasteiger partial charge in [-0.3, -0.25) is 0 Å². The fraction of sp³-hybridized carbons (Fsp3) is 0.692. The molecule has 14 heavy (non-hydrogen) atoms. The fourth-order valence-electron chi connectivity index (χ4n) is 1.47. The lowest BCUT2D eigenvalue weighted by Gasteiger charge is -2.12. The Hall–Kier alpha value is -0.560. The molecule has 0 aromatic heterocycles. The topological polar surface area (TPSA) is 12.0 Å². The van der Waals surface area contributed by atoms with Crippen molar-refractivity contribution in [3.63, 3.8) is 0 Å². The third-order valence-corrected chi connectivity index (χ3v) is 2.21. The first-order chi connectivity index (χ1) is 6.70. The molecule has 0 saturated carbocycles. The van der Waals surface area contributed by atoms with E-state index in [-0.39, 0.29) is 0 Å². The van der Waals surface area contributed by atoms with Crippen LogP contribution in [0.1, 0.15) is 40.0 Å². The molecule has 0 aliphatic carbocycles. The summed E-state index contributed by atoms with van der Waals surface area (Å²) in [7, 11) is 0. The summed E-state index contributed by atoms with van der Waals surface area (Å²) < 4.78 is 0. The van der Waals surface area contributed by atoms with Crippen LogP contribution >= 0.6 is 0 Å². The van der Waals surface area contributed by atoms with Gasteiger partial charge in [-0.25, -0.2) is 0 Å². The second-order valence-electron chi connectivity index (χ2n) is 4.03. The Balaban J connectivity index is 3.44. The van der Waals surface area contributed by atoms with Crippen molar-refractivity contribution < 1.29 is 0 Å². The minimum atomic E-state index is 0.690. The number of hydrogen-bond donors (Lipinski definition) is 1. The molecule has 0 aromatic carbocycles. The first-order valence-electron chi connectivity index (χ1n) is 5.71. The second kappa shape index (κ2) is 9.01. The summed E-state index contributed by atoms with van der Waals surface area (Å²) in [6, 6.07) is 0. The lowest BCUT2D eigenvalue weighted by molar-refractivity contribution is 0.506. The summed E-state index contributed by atoms with van der Waals surface area (Å²) in [4.78, 5) is 0. The Morgan fingerprint density at radius 3 is 2.79 bits per heavy atom. The van der Waals surface area contributed by atoms with Crippen LogP contribution in [-0.4, -0.2) is 13.1 Å². The van der Waals surface area contributed by atoms with E-state index in [1.165, 1.54) is 18.4 Å². The molecule has 0 radical (unpaired) electrons. The average Bonchev–Trinajstić information content (AvgIpc) is 2.13. The van der Waals surface area contributed by atoms with Crippen LogP contribution in [0.4, 0.5) is 0 Å². The van der Waals surface area contributed by atoms with E-state index in [1.807, 2.05) is 6.92 Å². The van der Waals surface area contributed by atoms with E-state index in [4.69, 9.17) is 0 Å². The molecule has 1 N–H and O–H groups in total. The summed E-state index contributed by atoms with van der Waals surface area (Å²) in [5, 5.41) is 3.47. The largest absolute Gasteiger partial charge is 0.316 e. The highest BCUT2D eigenvalue weighted by Gasteiger charge is 2.01. The zero-order chi connectivity index (χ0) is 10.8. The molecule has 1 nitrogen and oxygen atoms in total. The lowest BCUT2D eigenvalue weighted by atomic mass is 10.0. The number of hydrogen-bond acceptors (Lipinski definition) is 1. The van der Waals surface area contributed by atoms with Crippen molar-refractivity contribution in [1.82, 2.24) is 5.32 Å². The Kier molecular flexibility index (Phi) is 8.65. The van der Waals surface area contributed by atoms with Crippen molar-refractivity contribution in [2.24, 2.45) is 5.92 Å². The minimum Gasteiger partial charge on any atom is -0.316 e. The van der Waals surface area contributed by atoms with E-state index in [1.54, 1.807) is 0 Å². The number of nitrogens with one attached hydrogen (secondary N) is 1. The highest BCUT2D eigenvalue weighted by Crippen LogP contribution is 2.09. The van der Waals surface area contributed by atoms with Crippen LogP contribution in [0.2, 0.25) is 0 Å². The predicted molar refractivity (Wildman–Crippen MR) is 65.5 cm³/mol. The fourth-order valence-corrected chi connectivity index (χ4v) is 1.47. The summed E-state index contributed by atoms with van der Waals surface area (Å²) >= 11 is 0. The van der Waals surface area contributed by atoms with E-state index in [0.29, 0.717) is 5.92 Å². The van der Waals surface area contributed by atoms with Crippen molar-refractivity contribution >= 4 is 0 Å². The molecule has 0 saturated heterocycles. The highest BCUT2D eigenvalue weighted by molar-refractivity contribution is 5.13. The Labute approximate surface area is 89.3 Å². The van der Waals surface area contributed by atoms with Crippen molar-refractivity contribution in [1.29, 1.82) is 0 Å². The van der Waals surface area contributed by atoms with Crippen LogP contribution in [0.5, 0.6) is 0 Å². The molecule has 0 aromatic rings. The van der Waals surface area contributed by atoms with E-state index >= 15 is 0 Å². The van der Waals surface area contributed by atoms with Crippen molar-refractivity contribution in [3.8, 4) is 0 Å². The standard InChI is InChI=1S/C13H25N/c1-5-7-9-14-11-13(4)10-12(3)8-6-2/h6,8,13-14H,3,5,7,9-11H2,1-2,4H3/b8-6-. The molecule has 0 fully saturated rings. The van der Waals surface area contributed by atoms with Crippen LogP contribution in [0.15, 0.2) is 24.3 Å². The van der Waals surface area contributed by atoms with Gasteiger partial charge in [-0.2, -0.15) is 0 Å². The van der Waals surface area contributed by atoms with Gasteiger partial charge in [0.15, 0.2) is 0 Å². The summed E-state index contributed by atoms with van der Waals surface area (Å²) in [5.41, 5.74) is 1.23. The van der Waals surface area contributed by atoms with E-state index in [0.717, 1.165) is 19.5 Å². The molecular formula is C13H25N. The normalized spacial score (nSPS) is 13.4.